The number of aryl methyl sites for hydroxylation is 6. The maximum absolute atomic E-state index is 13.8. The van der Waals surface area contributed by atoms with Crippen LogP contribution >= 0.6 is 11.6 Å². The van der Waals surface area contributed by atoms with E-state index in [1.807, 2.05) is 76.2 Å². The van der Waals surface area contributed by atoms with E-state index in [0.29, 0.717) is 68.8 Å². The Kier molecular flexibility index (Phi) is 29.5. The van der Waals surface area contributed by atoms with Crippen LogP contribution in [0, 0.1) is 39.5 Å². The van der Waals surface area contributed by atoms with E-state index in [2.05, 4.69) is 0 Å². The monoisotopic (exact) mass is 1260 g/mol. The summed E-state index contributed by atoms with van der Waals surface area (Å²) in [5, 5.41) is 8.58. The molecule has 0 aliphatic rings. The van der Waals surface area contributed by atoms with Crippen molar-refractivity contribution in [1.29, 1.82) is 0 Å². The van der Waals surface area contributed by atoms with Crippen LogP contribution in [-0.2, 0) is 61.1 Å². The number of carboxylic acids is 1. The number of carboxylic acid groups (broad SMARTS) is 1. The SMILES string of the molecule is COCCOCCN(CCC(=O)Cl)C(=O)c1ccc(C(=O)C(CCc2ccc(C)cc2)CS(=O)(=O)c2ccc(C)cc2)cc1.COCCOCCN(CCC(=O)O)C(=O)c1ccc(C(=O)C(CCc2ccc(C)cc2)CS(=O)(=O)c2ccc(C)cc2)cc1. The van der Waals surface area contributed by atoms with Crippen LogP contribution in [0.5, 0.6) is 0 Å². The minimum Gasteiger partial charge on any atom is -0.481 e. The van der Waals surface area contributed by atoms with Crippen LogP contribution in [0.1, 0.15) is 100 Å². The molecule has 0 radical (unpaired) electrons. The lowest BCUT2D eigenvalue weighted by molar-refractivity contribution is -0.137. The number of rotatable bonds is 36. The Morgan fingerprint density at radius 2 is 0.750 bits per heavy atom. The highest BCUT2D eigenvalue weighted by Crippen LogP contribution is 2.26. The van der Waals surface area contributed by atoms with Gasteiger partial charge in [-0.05, 0) is 125 Å². The van der Waals surface area contributed by atoms with Crippen molar-refractivity contribution < 1.29 is 69.7 Å². The number of ketones is 2. The molecule has 1 N–H and O–H groups in total. The molecular formula is C68H81ClN2O15S2. The van der Waals surface area contributed by atoms with Gasteiger partial charge in [-0.1, -0.05) is 119 Å². The molecule has 20 heteroatoms. The summed E-state index contributed by atoms with van der Waals surface area (Å²) < 4.78 is 74.3. The zero-order valence-electron chi connectivity index (χ0n) is 51.0. The molecule has 0 fully saturated rings. The first-order valence-electron chi connectivity index (χ1n) is 29.1. The molecule has 472 valence electrons. The smallest absolute Gasteiger partial charge is 0.305 e. The number of halogens is 1. The average molecular weight is 1270 g/mol. The molecule has 0 spiro atoms. The van der Waals surface area contributed by atoms with Gasteiger partial charge in [0.1, 0.15) is 0 Å². The quantitative estimate of drug-likeness (QED) is 0.0219. The maximum Gasteiger partial charge on any atom is 0.305 e. The van der Waals surface area contributed by atoms with Gasteiger partial charge in [-0.25, -0.2) is 16.8 Å². The third kappa shape index (κ3) is 24.0. The second-order valence-corrected chi connectivity index (χ2v) is 26.0. The number of aliphatic carboxylic acids is 1. The molecule has 0 saturated heterocycles. The van der Waals surface area contributed by atoms with Gasteiger partial charge in [0.25, 0.3) is 11.8 Å². The summed E-state index contributed by atoms with van der Waals surface area (Å²) in [4.78, 5) is 79.8. The van der Waals surface area contributed by atoms with E-state index in [-0.39, 0.29) is 96.6 Å². The number of Topliss-reactive ketones (excluding diaryl/α,β-unsaturated/α-hetero) is 2. The van der Waals surface area contributed by atoms with E-state index in [0.717, 1.165) is 33.4 Å². The topological polar surface area (TPSA) is 234 Å². The molecule has 2 unspecified atom stereocenters. The number of benzene rings is 6. The number of ether oxygens (including phenoxy) is 4. The van der Waals surface area contributed by atoms with Gasteiger partial charge < -0.3 is 33.9 Å². The lowest BCUT2D eigenvalue weighted by Crippen LogP contribution is -2.36. The minimum absolute atomic E-state index is 0.000438. The zero-order chi connectivity index (χ0) is 64.2. The highest BCUT2D eigenvalue weighted by Gasteiger charge is 2.30. The lowest BCUT2D eigenvalue weighted by Gasteiger charge is -2.22. The number of amides is 2. The molecule has 0 heterocycles. The number of carbonyl (C=O) groups is 6. The number of nitrogens with zero attached hydrogens (tertiary/aromatic N) is 2. The largest absolute Gasteiger partial charge is 0.481 e. The second kappa shape index (κ2) is 36.3. The Morgan fingerprint density at radius 1 is 0.432 bits per heavy atom. The normalized spacial score (nSPS) is 12.1. The van der Waals surface area contributed by atoms with Crippen LogP contribution in [0.2, 0.25) is 0 Å². The fraction of sp³-hybridized carbons (Fsp3) is 0.382. The number of hydrogen-bond acceptors (Lipinski definition) is 14. The molecule has 6 aromatic rings. The fourth-order valence-electron chi connectivity index (χ4n) is 9.30. The van der Waals surface area contributed by atoms with Crippen molar-refractivity contribution in [1.82, 2.24) is 9.80 Å². The first kappa shape index (κ1) is 71.5. The van der Waals surface area contributed by atoms with Crippen molar-refractivity contribution in [3.05, 3.63) is 201 Å². The summed E-state index contributed by atoms with van der Waals surface area (Å²) in [6.45, 7) is 10.3. The van der Waals surface area contributed by atoms with Crippen LogP contribution in [0.3, 0.4) is 0 Å². The summed E-state index contributed by atoms with van der Waals surface area (Å²) in [6.07, 6.45) is 1.51. The molecule has 0 aliphatic heterocycles. The summed E-state index contributed by atoms with van der Waals surface area (Å²) in [6, 6.07) is 41.3. The minimum atomic E-state index is -3.75. The van der Waals surface area contributed by atoms with Crippen molar-refractivity contribution in [3.63, 3.8) is 0 Å². The molecule has 17 nitrogen and oxygen atoms in total. The molecule has 2 amide bonds. The Bertz CT molecular complexity index is 3200. The number of sulfone groups is 2. The molecule has 88 heavy (non-hydrogen) atoms. The first-order valence-corrected chi connectivity index (χ1v) is 32.8. The van der Waals surface area contributed by atoms with Gasteiger partial charge >= 0.3 is 5.97 Å². The Morgan fingerprint density at radius 3 is 1.07 bits per heavy atom. The van der Waals surface area contributed by atoms with Gasteiger partial charge in [-0.15, -0.1) is 0 Å². The van der Waals surface area contributed by atoms with E-state index in [4.69, 9.17) is 35.7 Å². The lowest BCUT2D eigenvalue weighted by atomic mass is 9.92. The van der Waals surface area contributed by atoms with Crippen molar-refractivity contribution in [2.75, 3.05) is 91.5 Å². The van der Waals surface area contributed by atoms with Gasteiger partial charge in [-0.3, -0.25) is 28.8 Å². The van der Waals surface area contributed by atoms with Crippen LogP contribution in [-0.4, -0.2) is 158 Å². The van der Waals surface area contributed by atoms with Gasteiger partial charge in [0.2, 0.25) is 5.24 Å². The molecule has 0 bridgehead atoms. The number of carbonyl (C=O) groups excluding carboxylic acids is 5. The summed E-state index contributed by atoms with van der Waals surface area (Å²) in [5.41, 5.74) is 7.36. The Balaban J connectivity index is 0.000000321. The predicted octanol–water partition coefficient (Wildman–Crippen LogP) is 10.3. The zero-order valence-corrected chi connectivity index (χ0v) is 53.4. The second-order valence-electron chi connectivity index (χ2n) is 21.6. The summed E-state index contributed by atoms with van der Waals surface area (Å²) >= 11 is 5.52. The van der Waals surface area contributed by atoms with Crippen LogP contribution in [0.15, 0.2) is 155 Å². The van der Waals surface area contributed by atoms with Crippen molar-refractivity contribution in [2.24, 2.45) is 11.8 Å². The van der Waals surface area contributed by atoms with Crippen LogP contribution in [0.25, 0.3) is 0 Å². The van der Waals surface area contributed by atoms with Crippen molar-refractivity contribution in [2.45, 2.75) is 76.0 Å². The summed E-state index contributed by atoms with van der Waals surface area (Å²) in [7, 11) is -4.38. The molecule has 6 rings (SSSR count). The Labute approximate surface area is 523 Å². The van der Waals surface area contributed by atoms with Crippen molar-refractivity contribution in [3.8, 4) is 0 Å². The highest BCUT2D eigenvalue weighted by atomic mass is 35.5. The van der Waals surface area contributed by atoms with Gasteiger partial charge in [0, 0.05) is 80.9 Å². The van der Waals surface area contributed by atoms with E-state index in [9.17, 15) is 45.6 Å². The highest BCUT2D eigenvalue weighted by molar-refractivity contribution is 7.91. The Hall–Kier alpha value is -7.23. The maximum atomic E-state index is 13.8. The van der Waals surface area contributed by atoms with E-state index >= 15 is 0 Å². The third-order valence-electron chi connectivity index (χ3n) is 14.6. The average Bonchev–Trinajstić information content (AvgIpc) is 1.88. The first-order chi connectivity index (χ1) is 42.0. The van der Waals surface area contributed by atoms with Crippen LogP contribution in [0.4, 0.5) is 0 Å². The van der Waals surface area contributed by atoms with Gasteiger partial charge in [-0.2, -0.15) is 0 Å². The molecule has 6 aromatic carbocycles. The van der Waals surface area contributed by atoms with E-state index in [1.54, 1.807) is 87.0 Å². The standard InChI is InChI=1S/C34H40ClNO7S.C34H41NO8S/c1-25-4-8-27(9-5-25)10-11-30(24-44(40,41)31-16-6-26(2)7-17-31)33(38)28-12-14-29(15-13-28)34(39)36(19-18-32(35)37)20-21-43-23-22-42-3;1-25-4-8-27(9-5-25)10-11-30(24-44(40,41)31-16-6-26(2)7-17-31)33(38)28-12-14-29(15-13-28)34(39)35(19-18-32(36)37)20-21-43-23-22-42-3/h4-9,12-17,30H,10-11,18-24H2,1-3H3;4-9,12-17,30H,10-11,18-24H2,1-3H3,(H,36,37). The third-order valence-corrected chi connectivity index (χ3v) is 18.5. The molecule has 0 aromatic heterocycles. The predicted molar refractivity (Wildman–Crippen MR) is 339 cm³/mol. The number of hydrogen-bond donors (Lipinski definition) is 1. The molecule has 0 aliphatic carbocycles. The van der Waals surface area contributed by atoms with E-state index in [1.165, 1.54) is 34.1 Å². The van der Waals surface area contributed by atoms with E-state index < -0.39 is 48.6 Å². The van der Waals surface area contributed by atoms with Gasteiger partial charge in [0.15, 0.2) is 31.2 Å². The number of methoxy groups -OCH3 is 2. The molecule has 0 saturated carbocycles. The molecular weight excluding hydrogens is 1180 g/mol. The van der Waals surface area contributed by atoms with Crippen molar-refractivity contribution >= 4 is 65.9 Å². The van der Waals surface area contributed by atoms with Crippen LogP contribution < -0.4 is 0 Å². The fourth-order valence-corrected chi connectivity index (χ4v) is 12.6. The molecule has 2 atom stereocenters. The summed E-state index contributed by atoms with van der Waals surface area (Å²) in [5.74, 6) is -4.64. The van der Waals surface area contributed by atoms with Gasteiger partial charge in [0.05, 0.1) is 67.4 Å².